The Bertz CT molecular complexity index is 321. The van der Waals surface area contributed by atoms with Crippen molar-refractivity contribution in [1.29, 1.82) is 0 Å². The molecule has 0 aliphatic heterocycles. The third kappa shape index (κ3) is 4.49. The molecule has 2 rings (SSSR count). The molecule has 108 valence electrons. The van der Waals surface area contributed by atoms with Gasteiger partial charge in [0.1, 0.15) is 0 Å². The second-order valence-electron chi connectivity index (χ2n) is 5.82. The van der Waals surface area contributed by atoms with Gasteiger partial charge < -0.3 is 15.7 Å². The minimum absolute atomic E-state index is 0.0203. The van der Waals surface area contributed by atoms with E-state index >= 15 is 0 Å². The highest BCUT2D eigenvalue weighted by Crippen LogP contribution is 2.26. The third-order valence-electron chi connectivity index (χ3n) is 4.18. The molecule has 0 atom stereocenters. The van der Waals surface area contributed by atoms with Crippen molar-refractivity contribution in [3.8, 4) is 0 Å². The lowest BCUT2D eigenvalue weighted by molar-refractivity contribution is -0.125. The molecule has 2 aliphatic carbocycles. The van der Waals surface area contributed by atoms with Crippen LogP contribution in [0.1, 0.15) is 44.9 Å². The van der Waals surface area contributed by atoms with Crippen LogP contribution >= 0.6 is 0 Å². The van der Waals surface area contributed by atoms with Crippen LogP contribution in [0, 0.1) is 11.8 Å². The van der Waals surface area contributed by atoms with Crippen LogP contribution in [-0.4, -0.2) is 36.1 Å². The lowest BCUT2D eigenvalue weighted by atomic mass is 9.82. The van der Waals surface area contributed by atoms with Crippen molar-refractivity contribution in [1.82, 2.24) is 10.6 Å². The number of aliphatic hydroxyl groups excluding tert-OH is 1. The number of hydrogen-bond donors (Lipinski definition) is 3. The van der Waals surface area contributed by atoms with Crippen LogP contribution in [0.5, 0.6) is 0 Å². The molecule has 19 heavy (non-hydrogen) atoms. The zero-order valence-electron chi connectivity index (χ0n) is 11.4. The Hall–Kier alpha value is -1.10. The van der Waals surface area contributed by atoms with Gasteiger partial charge >= 0.3 is 0 Å². The van der Waals surface area contributed by atoms with Crippen LogP contribution in [0.3, 0.4) is 0 Å². The molecule has 2 aliphatic rings. The van der Waals surface area contributed by atoms with Gasteiger partial charge in [0.15, 0.2) is 0 Å². The molecule has 0 unspecified atom stereocenters. The standard InChI is InChI=1S/C14H24N2O3/c17-12-7-10(8-12)9-16-13(18)5-6-15-14(19)11-3-1-2-4-11/h10-12,17H,1-9H2,(H,15,19)(H,16,18). The summed E-state index contributed by atoms with van der Waals surface area (Å²) in [5, 5.41) is 14.8. The number of hydrogen-bond acceptors (Lipinski definition) is 3. The Labute approximate surface area is 114 Å². The summed E-state index contributed by atoms with van der Waals surface area (Å²) in [4.78, 5) is 23.3. The highest BCUT2D eigenvalue weighted by Gasteiger charge is 2.27. The van der Waals surface area contributed by atoms with E-state index in [0.717, 1.165) is 38.5 Å². The SMILES string of the molecule is O=C(CCNC(=O)C1CCCC1)NCC1CC(O)C1. The summed E-state index contributed by atoms with van der Waals surface area (Å²) in [5.41, 5.74) is 0. The number of nitrogens with one attached hydrogen (secondary N) is 2. The molecular weight excluding hydrogens is 244 g/mol. The highest BCUT2D eigenvalue weighted by molar-refractivity contribution is 5.80. The fraction of sp³-hybridized carbons (Fsp3) is 0.857. The van der Waals surface area contributed by atoms with E-state index in [2.05, 4.69) is 10.6 Å². The van der Waals surface area contributed by atoms with Gasteiger partial charge in [0, 0.05) is 25.4 Å². The highest BCUT2D eigenvalue weighted by atomic mass is 16.3. The van der Waals surface area contributed by atoms with Crippen LogP contribution in [0.15, 0.2) is 0 Å². The largest absolute Gasteiger partial charge is 0.393 e. The molecular formula is C14H24N2O3. The molecule has 2 amide bonds. The second kappa shape index (κ2) is 6.89. The predicted molar refractivity (Wildman–Crippen MR) is 71.3 cm³/mol. The maximum atomic E-state index is 11.7. The van der Waals surface area contributed by atoms with Gasteiger partial charge in [-0.25, -0.2) is 0 Å². The Morgan fingerprint density at radius 2 is 1.79 bits per heavy atom. The first kappa shape index (κ1) is 14.3. The minimum Gasteiger partial charge on any atom is -0.393 e. The van der Waals surface area contributed by atoms with Gasteiger partial charge in [-0.15, -0.1) is 0 Å². The predicted octanol–water partition coefficient (Wildman–Crippen LogP) is 0.570. The lowest BCUT2D eigenvalue weighted by Crippen LogP contribution is -2.39. The lowest BCUT2D eigenvalue weighted by Gasteiger charge is -2.31. The van der Waals surface area contributed by atoms with E-state index < -0.39 is 0 Å². The first-order chi connectivity index (χ1) is 9.15. The molecule has 0 aromatic rings. The first-order valence-electron chi connectivity index (χ1n) is 7.37. The van der Waals surface area contributed by atoms with Crippen molar-refractivity contribution in [3.63, 3.8) is 0 Å². The quantitative estimate of drug-likeness (QED) is 0.659. The van der Waals surface area contributed by atoms with E-state index in [1.54, 1.807) is 0 Å². The fourth-order valence-electron chi connectivity index (χ4n) is 2.85. The van der Waals surface area contributed by atoms with E-state index in [4.69, 9.17) is 5.11 Å². The average Bonchev–Trinajstić information content (AvgIpc) is 2.87. The minimum atomic E-state index is -0.174. The maximum Gasteiger partial charge on any atom is 0.223 e. The van der Waals surface area contributed by atoms with E-state index in [0.29, 0.717) is 25.4 Å². The van der Waals surface area contributed by atoms with Crippen molar-refractivity contribution in [2.75, 3.05) is 13.1 Å². The molecule has 0 aromatic carbocycles. The Morgan fingerprint density at radius 1 is 1.11 bits per heavy atom. The number of carbonyl (C=O) groups excluding carboxylic acids is 2. The van der Waals surface area contributed by atoms with E-state index in [-0.39, 0.29) is 23.8 Å². The molecule has 2 fully saturated rings. The van der Waals surface area contributed by atoms with Gasteiger partial charge in [-0.1, -0.05) is 12.8 Å². The van der Waals surface area contributed by atoms with Gasteiger partial charge in [0.2, 0.25) is 11.8 Å². The van der Waals surface area contributed by atoms with Crippen molar-refractivity contribution in [2.24, 2.45) is 11.8 Å². The van der Waals surface area contributed by atoms with Crippen LogP contribution < -0.4 is 10.6 Å². The normalized spacial score (nSPS) is 26.8. The summed E-state index contributed by atoms with van der Waals surface area (Å²) in [6.07, 6.45) is 6.01. The van der Waals surface area contributed by atoms with Crippen LogP contribution in [0.25, 0.3) is 0 Å². The van der Waals surface area contributed by atoms with Crippen LogP contribution in [-0.2, 0) is 9.59 Å². The smallest absolute Gasteiger partial charge is 0.223 e. The first-order valence-corrected chi connectivity index (χ1v) is 7.37. The molecule has 0 spiro atoms. The fourth-order valence-corrected chi connectivity index (χ4v) is 2.85. The molecule has 0 bridgehead atoms. The van der Waals surface area contributed by atoms with Crippen molar-refractivity contribution < 1.29 is 14.7 Å². The van der Waals surface area contributed by atoms with Gasteiger partial charge in [-0.3, -0.25) is 9.59 Å². The van der Waals surface area contributed by atoms with Gasteiger partial charge in [0.05, 0.1) is 6.10 Å². The number of carbonyl (C=O) groups is 2. The second-order valence-corrected chi connectivity index (χ2v) is 5.82. The Morgan fingerprint density at radius 3 is 2.42 bits per heavy atom. The van der Waals surface area contributed by atoms with Crippen molar-refractivity contribution in [3.05, 3.63) is 0 Å². The maximum absolute atomic E-state index is 11.7. The molecule has 5 nitrogen and oxygen atoms in total. The van der Waals surface area contributed by atoms with Crippen LogP contribution in [0.2, 0.25) is 0 Å². The summed E-state index contributed by atoms with van der Waals surface area (Å²) in [5.74, 6) is 0.673. The molecule has 5 heteroatoms. The molecule has 0 saturated heterocycles. The zero-order valence-corrected chi connectivity index (χ0v) is 11.4. The number of amides is 2. The van der Waals surface area contributed by atoms with E-state index in [9.17, 15) is 9.59 Å². The Kier molecular flexibility index (Phi) is 5.19. The van der Waals surface area contributed by atoms with Crippen LogP contribution in [0.4, 0.5) is 0 Å². The Balaban J connectivity index is 1.50. The van der Waals surface area contributed by atoms with Gasteiger partial charge in [-0.2, -0.15) is 0 Å². The zero-order chi connectivity index (χ0) is 13.7. The molecule has 0 heterocycles. The summed E-state index contributed by atoms with van der Waals surface area (Å²) in [6, 6.07) is 0. The summed E-state index contributed by atoms with van der Waals surface area (Å²) in [7, 11) is 0. The number of rotatable bonds is 6. The molecule has 0 radical (unpaired) electrons. The molecule has 2 saturated carbocycles. The van der Waals surface area contributed by atoms with E-state index in [1.807, 2.05) is 0 Å². The average molecular weight is 268 g/mol. The van der Waals surface area contributed by atoms with Gasteiger partial charge in [0.25, 0.3) is 0 Å². The molecule has 0 aromatic heterocycles. The third-order valence-corrected chi connectivity index (χ3v) is 4.18. The van der Waals surface area contributed by atoms with Crippen molar-refractivity contribution >= 4 is 11.8 Å². The summed E-state index contributed by atoms with van der Waals surface area (Å²) in [6.45, 7) is 1.07. The molecule has 3 N–H and O–H groups in total. The summed E-state index contributed by atoms with van der Waals surface area (Å²) >= 11 is 0. The summed E-state index contributed by atoms with van der Waals surface area (Å²) < 4.78 is 0. The van der Waals surface area contributed by atoms with E-state index in [1.165, 1.54) is 0 Å². The monoisotopic (exact) mass is 268 g/mol. The van der Waals surface area contributed by atoms with Gasteiger partial charge in [-0.05, 0) is 31.6 Å². The number of aliphatic hydroxyl groups is 1. The van der Waals surface area contributed by atoms with Crippen molar-refractivity contribution in [2.45, 2.75) is 51.0 Å². The topological polar surface area (TPSA) is 78.4 Å².